The van der Waals surface area contributed by atoms with Crippen molar-refractivity contribution in [1.82, 2.24) is 4.90 Å². The molecule has 0 aliphatic carbocycles. The van der Waals surface area contributed by atoms with Crippen molar-refractivity contribution in [2.75, 3.05) is 19.0 Å². The molecule has 0 amide bonds. The Morgan fingerprint density at radius 1 is 1.16 bits per heavy atom. The van der Waals surface area contributed by atoms with Crippen LogP contribution >= 0.6 is 15.9 Å². The number of hydrogen-bond donors (Lipinski definition) is 0. The van der Waals surface area contributed by atoms with E-state index in [1.165, 1.54) is 42.3 Å². The first-order valence-corrected chi connectivity index (χ1v) is 8.15. The van der Waals surface area contributed by atoms with E-state index in [0.717, 1.165) is 12.1 Å². The highest BCUT2D eigenvalue weighted by Crippen LogP contribution is 2.37. The summed E-state index contributed by atoms with van der Waals surface area (Å²) < 4.78 is 1.21. The maximum atomic E-state index is 3.68. The summed E-state index contributed by atoms with van der Waals surface area (Å²) in [6.07, 6.45) is 6.81. The minimum absolute atomic E-state index is 0.685. The Bertz CT molecular complexity index is 434. The molecule has 2 saturated heterocycles. The van der Waals surface area contributed by atoms with Crippen molar-refractivity contribution in [2.45, 2.75) is 50.2 Å². The van der Waals surface area contributed by atoms with Crippen molar-refractivity contribution in [2.24, 2.45) is 0 Å². The molecule has 0 aromatic heterocycles. The maximum Gasteiger partial charge on any atom is 0.0510 e. The first-order valence-electron chi connectivity index (χ1n) is 7.36. The first-order chi connectivity index (χ1) is 9.16. The number of halogens is 1. The molecule has 0 N–H and O–H groups in total. The van der Waals surface area contributed by atoms with E-state index in [1.54, 1.807) is 0 Å². The fourth-order valence-corrected chi connectivity index (χ4v) is 4.40. The third kappa shape index (κ3) is 2.55. The van der Waals surface area contributed by atoms with Crippen LogP contribution < -0.4 is 4.90 Å². The van der Waals surface area contributed by atoms with Crippen LogP contribution in [0.2, 0.25) is 0 Å². The lowest BCUT2D eigenvalue weighted by atomic mass is 9.81. The molecule has 1 aromatic rings. The zero-order chi connectivity index (χ0) is 13.4. The van der Waals surface area contributed by atoms with Gasteiger partial charge in [0.2, 0.25) is 0 Å². The van der Waals surface area contributed by atoms with E-state index in [-0.39, 0.29) is 0 Å². The van der Waals surface area contributed by atoms with Crippen LogP contribution in [0, 0.1) is 0 Å². The lowest BCUT2D eigenvalue weighted by Crippen LogP contribution is -2.54. The third-order valence-corrected chi connectivity index (χ3v) is 5.77. The fraction of sp³-hybridized carbons (Fsp3) is 0.625. The predicted molar refractivity (Wildman–Crippen MR) is 84.8 cm³/mol. The van der Waals surface area contributed by atoms with Gasteiger partial charge >= 0.3 is 0 Å². The summed E-state index contributed by atoms with van der Waals surface area (Å²) >= 11 is 3.68. The van der Waals surface area contributed by atoms with Crippen molar-refractivity contribution in [1.29, 1.82) is 0 Å². The Morgan fingerprint density at radius 2 is 1.79 bits per heavy atom. The predicted octanol–water partition coefficient (Wildman–Crippen LogP) is 3.90. The van der Waals surface area contributed by atoms with Crippen LogP contribution in [0.3, 0.4) is 0 Å². The van der Waals surface area contributed by atoms with Gasteiger partial charge in [-0.2, -0.15) is 0 Å². The fourth-order valence-electron chi connectivity index (χ4n) is 3.84. The molecule has 0 radical (unpaired) electrons. The number of fused-ring (bicyclic) bond motifs is 2. The van der Waals surface area contributed by atoms with Crippen molar-refractivity contribution in [3.05, 3.63) is 28.7 Å². The zero-order valence-electron chi connectivity index (χ0n) is 11.8. The molecule has 2 heterocycles. The van der Waals surface area contributed by atoms with Gasteiger partial charge in [0.15, 0.2) is 0 Å². The molecule has 1 aromatic carbocycles. The second kappa shape index (κ2) is 5.45. The Morgan fingerprint density at radius 3 is 2.42 bits per heavy atom. The molecular weight excluding hydrogens is 300 g/mol. The molecule has 0 saturated carbocycles. The standard InChI is InChI=1S/C16H23BrN2/c1-18-12-6-5-7-13(18)11-14(10-12)19(2)16-9-4-3-8-15(16)17/h3-4,8-9,12-14H,5-7,10-11H2,1-2H3. The van der Waals surface area contributed by atoms with Gasteiger partial charge in [-0.3, -0.25) is 0 Å². The van der Waals surface area contributed by atoms with Crippen LogP contribution in [-0.2, 0) is 0 Å². The minimum atomic E-state index is 0.685. The van der Waals surface area contributed by atoms with Gasteiger partial charge in [-0.25, -0.2) is 0 Å². The number of piperidine rings is 2. The molecule has 3 heteroatoms. The summed E-state index contributed by atoms with van der Waals surface area (Å²) in [6.45, 7) is 0. The number of para-hydroxylation sites is 1. The largest absolute Gasteiger partial charge is 0.371 e. The molecule has 2 aliphatic heterocycles. The second-order valence-electron chi connectivity index (χ2n) is 6.09. The number of nitrogens with zero attached hydrogens (tertiary/aromatic N) is 2. The number of anilines is 1. The lowest BCUT2D eigenvalue weighted by molar-refractivity contribution is 0.0559. The molecular formula is C16H23BrN2. The Hall–Kier alpha value is -0.540. The van der Waals surface area contributed by atoms with Gasteiger partial charge in [0.1, 0.15) is 0 Å². The van der Waals surface area contributed by atoms with Crippen molar-refractivity contribution in [3.8, 4) is 0 Å². The minimum Gasteiger partial charge on any atom is -0.371 e. The van der Waals surface area contributed by atoms with Crippen LogP contribution in [0.1, 0.15) is 32.1 Å². The van der Waals surface area contributed by atoms with Gasteiger partial charge in [-0.1, -0.05) is 18.6 Å². The molecule has 2 atom stereocenters. The summed E-state index contributed by atoms with van der Waals surface area (Å²) in [5, 5.41) is 0. The lowest BCUT2D eigenvalue weighted by Gasteiger charge is -2.49. The normalized spacial score (nSPS) is 31.2. The highest BCUT2D eigenvalue weighted by molar-refractivity contribution is 9.10. The van der Waals surface area contributed by atoms with Gasteiger partial charge in [0, 0.05) is 29.6 Å². The molecule has 2 fully saturated rings. The van der Waals surface area contributed by atoms with Crippen molar-refractivity contribution < 1.29 is 0 Å². The van der Waals surface area contributed by atoms with E-state index in [0.29, 0.717) is 6.04 Å². The maximum absolute atomic E-state index is 3.68. The SMILES string of the molecule is CN(c1ccccc1Br)C1CC2CCCC(C1)N2C. The molecule has 2 nitrogen and oxygen atoms in total. The summed E-state index contributed by atoms with van der Waals surface area (Å²) in [5.74, 6) is 0. The highest BCUT2D eigenvalue weighted by Gasteiger charge is 2.37. The average Bonchev–Trinajstić information content (AvgIpc) is 2.38. The molecule has 2 aliphatic rings. The molecule has 3 rings (SSSR count). The van der Waals surface area contributed by atoms with Crippen molar-refractivity contribution in [3.63, 3.8) is 0 Å². The number of benzene rings is 1. The van der Waals surface area contributed by atoms with Crippen molar-refractivity contribution >= 4 is 21.6 Å². The molecule has 104 valence electrons. The quantitative estimate of drug-likeness (QED) is 0.814. The Balaban J connectivity index is 1.78. The van der Waals surface area contributed by atoms with E-state index < -0.39 is 0 Å². The van der Waals surface area contributed by atoms with Crippen LogP contribution in [0.25, 0.3) is 0 Å². The highest BCUT2D eigenvalue weighted by atomic mass is 79.9. The van der Waals surface area contributed by atoms with Gasteiger partial charge in [0.25, 0.3) is 0 Å². The summed E-state index contributed by atoms with van der Waals surface area (Å²) in [4.78, 5) is 5.12. The van der Waals surface area contributed by atoms with E-state index in [9.17, 15) is 0 Å². The zero-order valence-corrected chi connectivity index (χ0v) is 13.4. The van der Waals surface area contributed by atoms with E-state index >= 15 is 0 Å². The number of hydrogen-bond acceptors (Lipinski definition) is 2. The van der Waals surface area contributed by atoms with Gasteiger partial charge in [-0.05, 0) is 60.8 Å². The average molecular weight is 323 g/mol. The van der Waals surface area contributed by atoms with E-state index in [1.807, 2.05) is 0 Å². The van der Waals surface area contributed by atoms with Gasteiger partial charge in [0.05, 0.1) is 5.69 Å². The van der Waals surface area contributed by atoms with Crippen LogP contribution in [0.15, 0.2) is 28.7 Å². The molecule has 0 spiro atoms. The molecule has 19 heavy (non-hydrogen) atoms. The summed E-state index contributed by atoms with van der Waals surface area (Å²) in [6, 6.07) is 10.9. The Kier molecular flexibility index (Phi) is 3.86. The van der Waals surface area contributed by atoms with Gasteiger partial charge in [-0.15, -0.1) is 0 Å². The summed E-state index contributed by atoms with van der Waals surface area (Å²) in [7, 11) is 4.58. The third-order valence-electron chi connectivity index (χ3n) is 5.10. The van der Waals surface area contributed by atoms with Crippen LogP contribution in [0.4, 0.5) is 5.69 Å². The van der Waals surface area contributed by atoms with Gasteiger partial charge < -0.3 is 9.80 Å². The first kappa shape index (κ1) is 13.4. The number of rotatable bonds is 2. The molecule has 2 bridgehead atoms. The second-order valence-corrected chi connectivity index (χ2v) is 6.95. The topological polar surface area (TPSA) is 6.48 Å². The summed E-state index contributed by atoms with van der Waals surface area (Å²) in [5.41, 5.74) is 1.33. The van der Waals surface area contributed by atoms with Crippen LogP contribution in [-0.4, -0.2) is 37.1 Å². The Labute approximate surface area is 124 Å². The van der Waals surface area contributed by atoms with E-state index in [4.69, 9.17) is 0 Å². The molecule has 2 unspecified atom stereocenters. The van der Waals surface area contributed by atoms with Crippen LogP contribution in [0.5, 0.6) is 0 Å². The smallest absolute Gasteiger partial charge is 0.0510 e. The monoisotopic (exact) mass is 322 g/mol. The van der Waals surface area contributed by atoms with E-state index in [2.05, 4.69) is 64.1 Å².